The first kappa shape index (κ1) is 12.1. The molecule has 6 nitrogen and oxygen atoms in total. The molecule has 0 aliphatic carbocycles. The first-order valence-corrected chi connectivity index (χ1v) is 5.86. The zero-order valence-electron chi connectivity index (χ0n) is 9.93. The van der Waals surface area contributed by atoms with Gasteiger partial charge in [0, 0.05) is 32.0 Å². The summed E-state index contributed by atoms with van der Waals surface area (Å²) in [6, 6.07) is -0.244. The molecule has 1 aliphatic heterocycles. The van der Waals surface area contributed by atoms with Gasteiger partial charge in [0.2, 0.25) is 5.91 Å². The van der Waals surface area contributed by atoms with Gasteiger partial charge in [0.15, 0.2) is 0 Å². The molecular weight excluding hydrogens is 220 g/mol. The predicted molar refractivity (Wildman–Crippen MR) is 62.4 cm³/mol. The Morgan fingerprint density at radius 3 is 3.29 bits per heavy atom. The summed E-state index contributed by atoms with van der Waals surface area (Å²) in [6.07, 6.45) is 5.26. The molecule has 94 valence electrons. The van der Waals surface area contributed by atoms with Crippen molar-refractivity contribution >= 4 is 5.91 Å². The van der Waals surface area contributed by atoms with Crippen LogP contribution in [0.4, 0.5) is 0 Å². The van der Waals surface area contributed by atoms with Gasteiger partial charge in [-0.1, -0.05) is 0 Å². The molecule has 2 rings (SSSR count). The normalized spacial score (nSPS) is 24.5. The predicted octanol–water partition coefficient (Wildman–Crippen LogP) is -0.624. The fourth-order valence-electron chi connectivity index (χ4n) is 1.86. The minimum atomic E-state index is -0.244. The number of ether oxygens (including phenoxy) is 1. The van der Waals surface area contributed by atoms with E-state index in [-0.39, 0.29) is 18.1 Å². The fourth-order valence-corrected chi connectivity index (χ4v) is 1.86. The summed E-state index contributed by atoms with van der Waals surface area (Å²) in [4.78, 5) is 15.8. The molecule has 0 aromatic carbocycles. The van der Waals surface area contributed by atoms with Crippen molar-refractivity contribution in [3.63, 3.8) is 0 Å². The topological polar surface area (TPSA) is 68.2 Å². The third-order valence-corrected chi connectivity index (χ3v) is 2.83. The number of carbonyl (C=O) groups is 1. The molecule has 17 heavy (non-hydrogen) atoms. The van der Waals surface area contributed by atoms with Crippen LogP contribution >= 0.6 is 0 Å². The summed E-state index contributed by atoms with van der Waals surface area (Å²) in [6.45, 7) is 4.63. The van der Waals surface area contributed by atoms with Gasteiger partial charge in [0.05, 0.1) is 19.0 Å². The summed E-state index contributed by atoms with van der Waals surface area (Å²) < 4.78 is 7.35. The van der Waals surface area contributed by atoms with Crippen molar-refractivity contribution in [2.24, 2.45) is 0 Å². The van der Waals surface area contributed by atoms with E-state index in [4.69, 9.17) is 4.74 Å². The molecule has 0 spiro atoms. The lowest BCUT2D eigenvalue weighted by atomic mass is 10.1. The third-order valence-electron chi connectivity index (χ3n) is 2.83. The monoisotopic (exact) mass is 238 g/mol. The number of rotatable bonds is 4. The number of carbonyl (C=O) groups excluding carboxylic acids is 1. The Morgan fingerprint density at radius 1 is 1.71 bits per heavy atom. The van der Waals surface area contributed by atoms with E-state index >= 15 is 0 Å². The van der Waals surface area contributed by atoms with Gasteiger partial charge in [-0.15, -0.1) is 0 Å². The summed E-state index contributed by atoms with van der Waals surface area (Å²) in [5, 5.41) is 6.05. The number of morpholine rings is 1. The van der Waals surface area contributed by atoms with E-state index in [0.717, 1.165) is 13.1 Å². The van der Waals surface area contributed by atoms with Crippen molar-refractivity contribution in [3.05, 3.63) is 18.7 Å². The molecule has 2 N–H and O–H groups in total. The van der Waals surface area contributed by atoms with Gasteiger partial charge in [-0.3, -0.25) is 4.79 Å². The molecule has 6 heteroatoms. The Hall–Kier alpha value is -1.40. The second-order valence-electron chi connectivity index (χ2n) is 4.10. The summed E-state index contributed by atoms with van der Waals surface area (Å²) in [5.74, 6) is -0.00249. The molecule has 2 atom stereocenters. The second kappa shape index (κ2) is 5.79. The number of imidazole rings is 1. The molecule has 1 aromatic heterocycles. The molecule has 1 fully saturated rings. The number of aromatic nitrogens is 2. The molecule has 1 amide bonds. The largest absolute Gasteiger partial charge is 0.375 e. The van der Waals surface area contributed by atoms with Crippen LogP contribution < -0.4 is 10.6 Å². The SMILES string of the molecule is C[C@H]1OCCN[C@@H]1C(=O)NCCn1ccnc1. The minimum Gasteiger partial charge on any atom is -0.375 e. The highest BCUT2D eigenvalue weighted by Gasteiger charge is 2.27. The molecule has 1 aromatic rings. The molecule has 0 radical (unpaired) electrons. The molecular formula is C11H18N4O2. The third kappa shape index (κ3) is 3.28. The van der Waals surface area contributed by atoms with Crippen LogP contribution in [0.25, 0.3) is 0 Å². The summed E-state index contributed by atoms with van der Waals surface area (Å²) in [7, 11) is 0. The van der Waals surface area contributed by atoms with E-state index in [2.05, 4.69) is 15.6 Å². The van der Waals surface area contributed by atoms with E-state index in [1.54, 1.807) is 12.5 Å². The van der Waals surface area contributed by atoms with Gasteiger partial charge in [-0.05, 0) is 6.92 Å². The highest BCUT2D eigenvalue weighted by molar-refractivity contribution is 5.82. The Kier molecular flexibility index (Phi) is 4.11. The minimum absolute atomic E-state index is 0.00249. The van der Waals surface area contributed by atoms with Crippen LogP contribution in [0.3, 0.4) is 0 Å². The first-order valence-electron chi connectivity index (χ1n) is 5.86. The number of hydrogen-bond donors (Lipinski definition) is 2. The van der Waals surface area contributed by atoms with Gasteiger partial charge in [-0.2, -0.15) is 0 Å². The van der Waals surface area contributed by atoms with Crippen LogP contribution in [-0.2, 0) is 16.1 Å². The Bertz CT molecular complexity index is 352. The Morgan fingerprint density at radius 2 is 2.59 bits per heavy atom. The van der Waals surface area contributed by atoms with Crippen molar-refractivity contribution in [1.29, 1.82) is 0 Å². The highest BCUT2D eigenvalue weighted by Crippen LogP contribution is 2.03. The summed E-state index contributed by atoms with van der Waals surface area (Å²) >= 11 is 0. The Labute approximate surface area is 100 Å². The van der Waals surface area contributed by atoms with Crippen LogP contribution in [0.15, 0.2) is 18.7 Å². The average molecular weight is 238 g/mol. The number of nitrogens with zero attached hydrogens (tertiary/aromatic N) is 2. The number of amides is 1. The standard InChI is InChI=1S/C11H18N4O2/c1-9-10(13-4-7-17-9)11(16)14-3-6-15-5-2-12-8-15/h2,5,8-10,13H,3-4,6-7H2,1H3,(H,14,16)/t9-,10+/m1/s1. The van der Waals surface area contributed by atoms with Crippen molar-refractivity contribution in [2.45, 2.75) is 25.6 Å². The van der Waals surface area contributed by atoms with Crippen molar-refractivity contribution in [3.8, 4) is 0 Å². The molecule has 2 heterocycles. The first-order chi connectivity index (χ1) is 8.27. The zero-order valence-corrected chi connectivity index (χ0v) is 9.93. The summed E-state index contributed by atoms with van der Waals surface area (Å²) in [5.41, 5.74) is 0. The lowest BCUT2D eigenvalue weighted by Crippen LogP contribution is -2.55. The van der Waals surface area contributed by atoms with Gasteiger partial charge in [0.1, 0.15) is 6.04 Å². The van der Waals surface area contributed by atoms with E-state index in [1.807, 2.05) is 17.7 Å². The maximum absolute atomic E-state index is 11.9. The molecule has 1 saturated heterocycles. The van der Waals surface area contributed by atoms with Crippen LogP contribution in [0.1, 0.15) is 6.92 Å². The highest BCUT2D eigenvalue weighted by atomic mass is 16.5. The maximum atomic E-state index is 11.9. The number of hydrogen-bond acceptors (Lipinski definition) is 4. The van der Waals surface area contributed by atoms with E-state index in [0.29, 0.717) is 13.2 Å². The van der Waals surface area contributed by atoms with Crippen LogP contribution in [0.5, 0.6) is 0 Å². The van der Waals surface area contributed by atoms with Crippen LogP contribution in [-0.4, -0.2) is 47.3 Å². The van der Waals surface area contributed by atoms with E-state index in [9.17, 15) is 4.79 Å². The number of nitrogens with one attached hydrogen (secondary N) is 2. The Balaban J connectivity index is 1.73. The fraction of sp³-hybridized carbons (Fsp3) is 0.636. The molecule has 0 bridgehead atoms. The smallest absolute Gasteiger partial charge is 0.239 e. The second-order valence-corrected chi connectivity index (χ2v) is 4.10. The van der Waals surface area contributed by atoms with Gasteiger partial charge in [0.25, 0.3) is 0 Å². The van der Waals surface area contributed by atoms with Gasteiger partial charge >= 0.3 is 0 Å². The van der Waals surface area contributed by atoms with Crippen LogP contribution in [0.2, 0.25) is 0 Å². The van der Waals surface area contributed by atoms with Crippen molar-refractivity contribution in [2.75, 3.05) is 19.7 Å². The van der Waals surface area contributed by atoms with Gasteiger partial charge < -0.3 is 19.9 Å². The van der Waals surface area contributed by atoms with E-state index in [1.165, 1.54) is 0 Å². The molecule has 0 unspecified atom stereocenters. The lowest BCUT2D eigenvalue weighted by molar-refractivity contribution is -0.128. The van der Waals surface area contributed by atoms with Crippen molar-refractivity contribution in [1.82, 2.24) is 20.2 Å². The van der Waals surface area contributed by atoms with E-state index < -0.39 is 0 Å². The molecule has 0 saturated carbocycles. The van der Waals surface area contributed by atoms with Gasteiger partial charge in [-0.25, -0.2) is 4.98 Å². The zero-order chi connectivity index (χ0) is 12.1. The lowest BCUT2D eigenvalue weighted by Gasteiger charge is -2.29. The quantitative estimate of drug-likeness (QED) is 0.733. The average Bonchev–Trinajstić information content (AvgIpc) is 2.82. The maximum Gasteiger partial charge on any atom is 0.239 e. The van der Waals surface area contributed by atoms with Crippen LogP contribution in [0, 0.1) is 0 Å². The van der Waals surface area contributed by atoms with Crippen molar-refractivity contribution < 1.29 is 9.53 Å². The molecule has 1 aliphatic rings.